The largest absolute Gasteiger partial charge is 0.378 e. The van der Waals surface area contributed by atoms with E-state index in [9.17, 15) is 9.59 Å². The summed E-state index contributed by atoms with van der Waals surface area (Å²) in [6.45, 7) is 2.22. The van der Waals surface area contributed by atoms with Crippen LogP contribution in [0.4, 0.5) is 11.4 Å². The topological polar surface area (TPSA) is 52.7 Å². The van der Waals surface area contributed by atoms with Crippen LogP contribution in [0.15, 0.2) is 48.5 Å². The molecule has 0 spiro atoms. The summed E-state index contributed by atoms with van der Waals surface area (Å²) >= 11 is 6.02. The summed E-state index contributed by atoms with van der Waals surface area (Å²) in [4.78, 5) is 27.7. The highest BCUT2D eigenvalue weighted by molar-refractivity contribution is 6.33. The third-order valence-electron chi connectivity index (χ3n) is 3.80. The van der Waals surface area contributed by atoms with Crippen LogP contribution in [0.25, 0.3) is 0 Å². The fourth-order valence-corrected chi connectivity index (χ4v) is 2.64. The normalized spacial score (nSPS) is 10.2. The molecule has 0 saturated carbocycles. The Morgan fingerprint density at radius 1 is 1.00 bits per heavy atom. The molecule has 0 aliphatic heterocycles. The van der Waals surface area contributed by atoms with Gasteiger partial charge >= 0.3 is 0 Å². The van der Waals surface area contributed by atoms with Crippen LogP contribution < -0.4 is 15.1 Å². The van der Waals surface area contributed by atoms with Gasteiger partial charge in [0.1, 0.15) is 0 Å². The fourth-order valence-electron chi connectivity index (χ4n) is 2.42. The molecule has 2 rings (SSSR count). The maximum Gasteiger partial charge on any atom is 0.252 e. The standard InChI is InChI=1S/C19H22ClN3O2/c1-14(24)23(16-10-8-15(9-11-16)22(2)3)13-12-21-19(25)17-6-4-5-7-18(17)20/h4-11H,12-13H2,1-3H3,(H,21,25). The lowest BCUT2D eigenvalue weighted by atomic mass is 10.2. The Kier molecular flexibility index (Phi) is 6.42. The van der Waals surface area contributed by atoms with Crippen LogP contribution in [0.2, 0.25) is 5.02 Å². The zero-order chi connectivity index (χ0) is 18.4. The van der Waals surface area contributed by atoms with Crippen molar-refractivity contribution in [3.63, 3.8) is 0 Å². The number of hydrogen-bond donors (Lipinski definition) is 1. The van der Waals surface area contributed by atoms with Gasteiger partial charge < -0.3 is 15.1 Å². The maximum absolute atomic E-state index is 12.2. The van der Waals surface area contributed by atoms with Gasteiger partial charge in [-0.15, -0.1) is 0 Å². The minimum absolute atomic E-state index is 0.0791. The first kappa shape index (κ1) is 18.8. The highest BCUT2D eigenvalue weighted by Gasteiger charge is 2.13. The summed E-state index contributed by atoms with van der Waals surface area (Å²) in [5.41, 5.74) is 2.28. The molecule has 1 N–H and O–H groups in total. The summed E-state index contributed by atoms with van der Waals surface area (Å²) < 4.78 is 0. The molecular weight excluding hydrogens is 338 g/mol. The molecule has 0 bridgehead atoms. The Hall–Kier alpha value is -2.53. The van der Waals surface area contributed by atoms with E-state index in [1.165, 1.54) is 6.92 Å². The predicted octanol–water partition coefficient (Wildman–Crippen LogP) is 3.19. The van der Waals surface area contributed by atoms with Crippen LogP contribution >= 0.6 is 11.6 Å². The number of amides is 2. The Morgan fingerprint density at radius 3 is 2.16 bits per heavy atom. The quantitative estimate of drug-likeness (QED) is 0.861. The van der Waals surface area contributed by atoms with Gasteiger partial charge in [-0.25, -0.2) is 0 Å². The average Bonchev–Trinajstić information content (AvgIpc) is 2.58. The number of nitrogens with zero attached hydrogens (tertiary/aromatic N) is 2. The van der Waals surface area contributed by atoms with Gasteiger partial charge in [0.2, 0.25) is 5.91 Å². The molecule has 2 aromatic carbocycles. The second-order valence-corrected chi connectivity index (χ2v) is 6.22. The minimum Gasteiger partial charge on any atom is -0.378 e. The van der Waals surface area contributed by atoms with Crippen molar-refractivity contribution in [3.05, 3.63) is 59.1 Å². The van der Waals surface area contributed by atoms with Crippen LogP contribution in [0.5, 0.6) is 0 Å². The van der Waals surface area contributed by atoms with E-state index >= 15 is 0 Å². The van der Waals surface area contributed by atoms with Crippen LogP contribution in [-0.2, 0) is 4.79 Å². The Bertz CT molecular complexity index is 745. The third-order valence-corrected chi connectivity index (χ3v) is 4.13. The molecule has 0 saturated heterocycles. The monoisotopic (exact) mass is 359 g/mol. The van der Waals surface area contributed by atoms with Crippen molar-refractivity contribution in [2.24, 2.45) is 0 Å². The van der Waals surface area contributed by atoms with Crippen molar-refractivity contribution < 1.29 is 9.59 Å². The SMILES string of the molecule is CC(=O)N(CCNC(=O)c1ccccc1Cl)c1ccc(N(C)C)cc1. The lowest BCUT2D eigenvalue weighted by Gasteiger charge is -2.22. The molecule has 0 atom stereocenters. The second kappa shape index (κ2) is 8.53. The maximum atomic E-state index is 12.2. The summed E-state index contributed by atoms with van der Waals surface area (Å²) in [7, 11) is 3.92. The molecule has 5 nitrogen and oxygen atoms in total. The van der Waals surface area contributed by atoms with E-state index < -0.39 is 0 Å². The molecule has 0 aliphatic rings. The molecule has 0 aliphatic carbocycles. The molecular formula is C19H22ClN3O2. The zero-order valence-corrected chi connectivity index (χ0v) is 15.4. The number of carbonyl (C=O) groups is 2. The van der Waals surface area contributed by atoms with Gasteiger partial charge in [0.05, 0.1) is 10.6 Å². The van der Waals surface area contributed by atoms with E-state index in [0.29, 0.717) is 23.7 Å². The Balaban J connectivity index is 1.99. The van der Waals surface area contributed by atoms with Gasteiger partial charge in [-0.05, 0) is 36.4 Å². The third kappa shape index (κ3) is 4.97. The van der Waals surface area contributed by atoms with E-state index in [-0.39, 0.29) is 11.8 Å². The van der Waals surface area contributed by atoms with Crippen LogP contribution in [0.3, 0.4) is 0 Å². The first-order valence-corrected chi connectivity index (χ1v) is 8.36. The van der Waals surface area contributed by atoms with Crippen LogP contribution in [0, 0.1) is 0 Å². The Morgan fingerprint density at radius 2 is 1.60 bits per heavy atom. The molecule has 132 valence electrons. The first-order valence-electron chi connectivity index (χ1n) is 7.98. The number of carbonyl (C=O) groups excluding carboxylic acids is 2. The molecule has 0 unspecified atom stereocenters. The van der Waals surface area contributed by atoms with Crippen molar-refractivity contribution in [1.29, 1.82) is 0 Å². The lowest BCUT2D eigenvalue weighted by molar-refractivity contribution is -0.116. The number of rotatable bonds is 6. The van der Waals surface area contributed by atoms with Gasteiger partial charge in [-0.2, -0.15) is 0 Å². The predicted molar refractivity (Wildman–Crippen MR) is 103 cm³/mol. The van der Waals surface area contributed by atoms with Gasteiger partial charge in [0.25, 0.3) is 5.91 Å². The number of benzene rings is 2. The van der Waals surface area contributed by atoms with Crippen molar-refractivity contribution in [1.82, 2.24) is 5.32 Å². The van der Waals surface area contributed by atoms with E-state index in [2.05, 4.69) is 5.32 Å². The van der Waals surface area contributed by atoms with Gasteiger partial charge in [0, 0.05) is 45.5 Å². The Labute approximate surface area is 153 Å². The van der Waals surface area contributed by atoms with Gasteiger partial charge in [-0.1, -0.05) is 23.7 Å². The van der Waals surface area contributed by atoms with Crippen molar-refractivity contribution in [2.45, 2.75) is 6.92 Å². The molecule has 25 heavy (non-hydrogen) atoms. The minimum atomic E-state index is -0.253. The summed E-state index contributed by atoms with van der Waals surface area (Å²) in [5, 5.41) is 3.20. The molecule has 6 heteroatoms. The molecule has 2 amide bonds. The molecule has 0 radical (unpaired) electrons. The molecule has 0 aromatic heterocycles. The highest BCUT2D eigenvalue weighted by Crippen LogP contribution is 2.19. The fraction of sp³-hybridized carbons (Fsp3) is 0.263. The van der Waals surface area contributed by atoms with E-state index in [4.69, 9.17) is 11.6 Å². The van der Waals surface area contributed by atoms with Gasteiger partial charge in [-0.3, -0.25) is 9.59 Å². The van der Waals surface area contributed by atoms with Crippen LogP contribution in [0.1, 0.15) is 17.3 Å². The molecule has 0 fully saturated rings. The van der Waals surface area contributed by atoms with Crippen molar-refractivity contribution >= 4 is 34.8 Å². The average molecular weight is 360 g/mol. The second-order valence-electron chi connectivity index (χ2n) is 5.82. The van der Waals surface area contributed by atoms with E-state index in [1.807, 2.05) is 43.3 Å². The van der Waals surface area contributed by atoms with Gasteiger partial charge in [0.15, 0.2) is 0 Å². The number of nitrogens with one attached hydrogen (secondary N) is 1. The summed E-state index contributed by atoms with van der Waals surface area (Å²) in [5.74, 6) is -0.332. The van der Waals surface area contributed by atoms with Crippen LogP contribution in [-0.4, -0.2) is 39.0 Å². The van der Waals surface area contributed by atoms with E-state index in [1.54, 1.807) is 29.2 Å². The lowest BCUT2D eigenvalue weighted by Crippen LogP contribution is -2.37. The zero-order valence-electron chi connectivity index (χ0n) is 14.6. The summed E-state index contributed by atoms with van der Waals surface area (Å²) in [6.07, 6.45) is 0. The first-order chi connectivity index (χ1) is 11.9. The van der Waals surface area contributed by atoms with Crippen molar-refractivity contribution in [3.8, 4) is 0 Å². The van der Waals surface area contributed by atoms with Crippen molar-refractivity contribution in [2.75, 3.05) is 37.0 Å². The van der Waals surface area contributed by atoms with E-state index in [0.717, 1.165) is 11.4 Å². The summed E-state index contributed by atoms with van der Waals surface area (Å²) in [6, 6.07) is 14.6. The number of halogens is 1. The number of anilines is 2. The smallest absolute Gasteiger partial charge is 0.252 e. The molecule has 0 heterocycles. The number of hydrogen-bond acceptors (Lipinski definition) is 3. The molecule has 2 aromatic rings. The highest BCUT2D eigenvalue weighted by atomic mass is 35.5.